The Morgan fingerprint density at radius 2 is 0.676 bits per heavy atom. The minimum atomic E-state index is 0. The normalized spacial score (nSPS) is 10.9. The molecule has 3 aromatic heterocycles. The van der Waals surface area contributed by atoms with Gasteiger partial charge in [0.2, 0.25) is 0 Å². The van der Waals surface area contributed by atoms with E-state index in [9.17, 15) is 0 Å². The molecule has 0 bridgehead atoms. The smallest absolute Gasteiger partial charge is 0.305 e. The van der Waals surface area contributed by atoms with Crippen LogP contribution in [0.4, 0.5) is 0 Å². The number of benzene rings is 9. The molecule has 0 aliphatic carbocycles. The second kappa shape index (κ2) is 21.4. The van der Waals surface area contributed by atoms with Crippen LogP contribution in [0.2, 0.25) is 0 Å². The quantitative estimate of drug-likeness (QED) is 0.121. The van der Waals surface area contributed by atoms with E-state index in [-0.39, 0.29) is 20.1 Å². The Labute approximate surface area is 447 Å². The van der Waals surface area contributed by atoms with Crippen molar-refractivity contribution in [2.45, 2.75) is 6.92 Å². The van der Waals surface area contributed by atoms with Crippen molar-refractivity contribution < 1.29 is 20.1 Å². The van der Waals surface area contributed by atoms with Gasteiger partial charge < -0.3 is 15.0 Å². The molecule has 0 amide bonds. The first kappa shape index (κ1) is 47.4. The van der Waals surface area contributed by atoms with E-state index >= 15 is 0 Å². The number of hydrogen-bond donors (Lipinski definition) is 0. The van der Waals surface area contributed by atoms with Crippen LogP contribution in [0.3, 0.4) is 0 Å². The third-order valence-electron chi connectivity index (χ3n) is 13.5. The average Bonchev–Trinajstić information content (AvgIpc) is 3.48. The number of pyridine rings is 3. The van der Waals surface area contributed by atoms with Gasteiger partial charge in [-0.3, -0.25) is 0 Å². The van der Waals surface area contributed by atoms with Gasteiger partial charge in [-0.2, -0.15) is 0 Å². The summed E-state index contributed by atoms with van der Waals surface area (Å²) in [5.41, 5.74) is 24.5. The Hall–Kier alpha value is -8.92. The minimum absolute atomic E-state index is 0. The van der Waals surface area contributed by atoms with Crippen LogP contribution in [-0.2, 0) is 20.1 Å². The molecule has 0 unspecified atom stereocenters. The molecule has 4 heteroatoms. The maximum atomic E-state index is 4.80. The van der Waals surface area contributed by atoms with Crippen molar-refractivity contribution in [3.05, 3.63) is 285 Å². The Morgan fingerprint density at radius 1 is 0.257 bits per heavy atom. The molecule has 0 spiro atoms. The Balaban J connectivity index is 0.00000588. The standard InChI is InChI=1S/C70H46N3.Ir/c1-48-39-42-73-70(43-48)56-37-38-66(67(47-56)53-27-25-50(26-28-53)49-15-3-2-4-16-49)65-22-10-9-21-64(65)59-45-57(62-19-7-5-17-60(62)51-29-33-54(34-30-51)68-23-11-13-40-71-68)44-58(46-59)63-20-8-6-18-61(63)52-31-35-55(36-32-52)69-24-12-14-41-72-69;/h2-33,35,38-47H,1H3;/q-3;+3. The molecule has 0 N–H and O–H groups in total. The van der Waals surface area contributed by atoms with Gasteiger partial charge in [0.1, 0.15) is 0 Å². The van der Waals surface area contributed by atoms with Gasteiger partial charge in [0.25, 0.3) is 0 Å². The van der Waals surface area contributed by atoms with Gasteiger partial charge in [-0.15, -0.1) is 83.4 Å². The zero-order valence-corrected chi connectivity index (χ0v) is 42.9. The van der Waals surface area contributed by atoms with Crippen LogP contribution in [0.25, 0.3) is 123 Å². The number of nitrogens with zero attached hydrogens (tertiary/aromatic N) is 3. The van der Waals surface area contributed by atoms with E-state index in [1.165, 1.54) is 11.1 Å². The Kier molecular flexibility index (Phi) is 13.7. The summed E-state index contributed by atoms with van der Waals surface area (Å²) in [6.45, 7) is 2.10. The topological polar surface area (TPSA) is 38.7 Å². The molecule has 12 aromatic rings. The first-order chi connectivity index (χ1) is 36.1. The molecule has 3 heterocycles. The summed E-state index contributed by atoms with van der Waals surface area (Å²) >= 11 is 0. The number of aromatic nitrogens is 3. The fourth-order valence-corrected chi connectivity index (χ4v) is 9.84. The second-order valence-electron chi connectivity index (χ2n) is 18.2. The maximum absolute atomic E-state index is 4.80. The maximum Gasteiger partial charge on any atom is 3.00 e. The van der Waals surface area contributed by atoms with E-state index in [0.29, 0.717) is 0 Å². The van der Waals surface area contributed by atoms with Gasteiger partial charge in [-0.05, 0) is 110 Å². The molecule has 0 saturated carbocycles. The van der Waals surface area contributed by atoms with Crippen molar-refractivity contribution in [3.8, 4) is 123 Å². The molecule has 0 aliphatic rings. The first-order valence-electron chi connectivity index (χ1n) is 24.5. The Morgan fingerprint density at radius 3 is 1.16 bits per heavy atom. The third-order valence-corrected chi connectivity index (χ3v) is 13.5. The summed E-state index contributed by atoms with van der Waals surface area (Å²) in [6.07, 6.45) is 5.52. The van der Waals surface area contributed by atoms with Crippen molar-refractivity contribution >= 4 is 0 Å². The first-order valence-corrected chi connectivity index (χ1v) is 24.5. The fourth-order valence-electron chi connectivity index (χ4n) is 9.84. The SMILES string of the molecule is Cc1ccnc(-c2[c-]cc(-c3ccccc3-c3cc(-c4ccccc4-c4c[c-]c(-c5ccccn5)cc4)cc(-c4ccccc4-c4c[c-]c(-c5ccccn5)cc4)c3)c(-c3ccc(-c4ccccc4)cc3)c2)c1.[Ir+3]. The Bertz CT molecular complexity index is 3730. The van der Waals surface area contributed by atoms with Crippen LogP contribution in [0.15, 0.2) is 261 Å². The zero-order valence-electron chi connectivity index (χ0n) is 40.5. The number of rotatable bonds is 11. The molecular weight excluding hydrogens is 1080 g/mol. The monoisotopic (exact) mass is 1120 g/mol. The van der Waals surface area contributed by atoms with E-state index in [1.807, 2.05) is 61.1 Å². The van der Waals surface area contributed by atoms with E-state index in [1.54, 1.807) is 0 Å². The molecule has 0 saturated heterocycles. The molecule has 0 radical (unpaired) electrons. The molecule has 0 fully saturated rings. The molecular formula is C70H46IrN3. The fraction of sp³-hybridized carbons (Fsp3) is 0.0143. The van der Waals surface area contributed by atoms with Crippen LogP contribution < -0.4 is 0 Å². The summed E-state index contributed by atoms with van der Waals surface area (Å²) in [5, 5.41) is 0. The van der Waals surface area contributed by atoms with Crippen LogP contribution in [0.1, 0.15) is 5.56 Å². The molecule has 3 nitrogen and oxygen atoms in total. The van der Waals surface area contributed by atoms with Crippen molar-refractivity contribution in [1.29, 1.82) is 0 Å². The molecule has 0 atom stereocenters. The van der Waals surface area contributed by atoms with Gasteiger partial charge >= 0.3 is 20.1 Å². The average molecular weight is 1120 g/mol. The molecule has 350 valence electrons. The van der Waals surface area contributed by atoms with E-state index < -0.39 is 0 Å². The van der Waals surface area contributed by atoms with Crippen molar-refractivity contribution in [2.75, 3.05) is 0 Å². The predicted molar refractivity (Wildman–Crippen MR) is 301 cm³/mol. The van der Waals surface area contributed by atoms with E-state index in [0.717, 1.165) is 117 Å². The van der Waals surface area contributed by atoms with Crippen LogP contribution >= 0.6 is 0 Å². The zero-order chi connectivity index (χ0) is 48.9. The van der Waals surface area contributed by atoms with Crippen molar-refractivity contribution in [1.82, 2.24) is 15.0 Å². The molecule has 12 rings (SSSR count). The van der Waals surface area contributed by atoms with E-state index in [2.05, 4.69) is 235 Å². The van der Waals surface area contributed by atoms with Crippen LogP contribution in [0, 0.1) is 25.1 Å². The number of aryl methyl sites for hydroxylation is 1. The van der Waals surface area contributed by atoms with E-state index in [4.69, 9.17) is 4.98 Å². The van der Waals surface area contributed by atoms with Gasteiger partial charge in [-0.25, -0.2) is 0 Å². The molecule has 74 heavy (non-hydrogen) atoms. The van der Waals surface area contributed by atoms with Crippen LogP contribution in [-0.4, -0.2) is 15.0 Å². The summed E-state index contributed by atoms with van der Waals surface area (Å²) in [4.78, 5) is 14.0. The predicted octanol–water partition coefficient (Wildman–Crippen LogP) is 17.9. The van der Waals surface area contributed by atoms with Crippen molar-refractivity contribution in [2.24, 2.45) is 0 Å². The van der Waals surface area contributed by atoms with Gasteiger partial charge in [-0.1, -0.05) is 202 Å². The second-order valence-corrected chi connectivity index (χ2v) is 18.2. The largest absolute Gasteiger partial charge is 3.00 e. The van der Waals surface area contributed by atoms with Gasteiger partial charge in [0.05, 0.1) is 0 Å². The number of hydrogen-bond acceptors (Lipinski definition) is 3. The van der Waals surface area contributed by atoms with Crippen molar-refractivity contribution in [3.63, 3.8) is 0 Å². The summed E-state index contributed by atoms with van der Waals surface area (Å²) in [5.74, 6) is 0. The molecule has 9 aromatic carbocycles. The van der Waals surface area contributed by atoms with Gasteiger partial charge in [0, 0.05) is 18.6 Å². The summed E-state index contributed by atoms with van der Waals surface area (Å²) in [6, 6.07) is 96.8. The molecule has 0 aliphatic heterocycles. The summed E-state index contributed by atoms with van der Waals surface area (Å²) in [7, 11) is 0. The minimum Gasteiger partial charge on any atom is -0.305 e. The summed E-state index contributed by atoms with van der Waals surface area (Å²) < 4.78 is 0. The third kappa shape index (κ3) is 9.85. The van der Waals surface area contributed by atoms with Gasteiger partial charge in [0.15, 0.2) is 0 Å². The van der Waals surface area contributed by atoms with Crippen LogP contribution in [0.5, 0.6) is 0 Å².